The van der Waals surface area contributed by atoms with Gasteiger partial charge in [-0.2, -0.15) is 0 Å². The van der Waals surface area contributed by atoms with Gasteiger partial charge in [0.05, 0.1) is 34.0 Å². The summed E-state index contributed by atoms with van der Waals surface area (Å²) in [5.74, 6) is -0.242. The molecule has 4 rings (SSSR count). The van der Waals surface area contributed by atoms with Crippen molar-refractivity contribution in [1.29, 1.82) is 0 Å². The van der Waals surface area contributed by atoms with Crippen molar-refractivity contribution >= 4 is 65.8 Å². The van der Waals surface area contributed by atoms with Gasteiger partial charge in [0.15, 0.2) is 5.13 Å². The number of morpholine rings is 1. The molecule has 1 aliphatic rings. The molecule has 134 valence electrons. The van der Waals surface area contributed by atoms with Crippen LogP contribution in [0.15, 0.2) is 40.9 Å². The third-order valence-electron chi connectivity index (χ3n) is 4.09. The minimum atomic E-state index is -0.242. The van der Waals surface area contributed by atoms with Gasteiger partial charge in [0, 0.05) is 23.2 Å². The lowest BCUT2D eigenvalue weighted by molar-refractivity contribution is 0.102. The Hall–Kier alpha value is -1.67. The Morgan fingerprint density at radius 1 is 1.23 bits per heavy atom. The van der Waals surface area contributed by atoms with Crippen molar-refractivity contribution in [3.05, 3.63) is 51.5 Å². The Bertz CT molecular complexity index is 972. The van der Waals surface area contributed by atoms with Gasteiger partial charge in [-0.15, -0.1) is 0 Å². The van der Waals surface area contributed by atoms with Crippen LogP contribution in [0.2, 0.25) is 5.02 Å². The lowest BCUT2D eigenvalue weighted by atomic mass is 10.2. The van der Waals surface area contributed by atoms with Gasteiger partial charge in [0.1, 0.15) is 0 Å². The van der Waals surface area contributed by atoms with Crippen molar-refractivity contribution in [2.45, 2.75) is 0 Å². The highest BCUT2D eigenvalue weighted by atomic mass is 79.9. The number of benzene rings is 2. The summed E-state index contributed by atoms with van der Waals surface area (Å²) in [6.45, 7) is 3.16. The van der Waals surface area contributed by atoms with Crippen LogP contribution in [0, 0.1) is 0 Å². The molecule has 2 heterocycles. The molecule has 8 heteroatoms. The lowest BCUT2D eigenvalue weighted by Gasteiger charge is -2.25. The molecule has 1 amide bonds. The predicted molar refractivity (Wildman–Crippen MR) is 110 cm³/mol. The number of nitrogens with zero attached hydrogens (tertiary/aromatic N) is 2. The highest BCUT2D eigenvalue weighted by Gasteiger charge is 2.16. The molecule has 26 heavy (non-hydrogen) atoms. The standard InChI is InChI=1S/C18H15BrClN3O2S/c19-11-1-3-14(20)13(9-11)17(24)21-12-2-4-15-16(10-12)26-18(22-15)23-5-7-25-8-6-23/h1-4,9-10H,5-8H2,(H,21,24). The molecule has 1 fully saturated rings. The summed E-state index contributed by atoms with van der Waals surface area (Å²) in [7, 11) is 0. The maximum atomic E-state index is 12.5. The largest absolute Gasteiger partial charge is 0.378 e. The molecule has 0 aliphatic carbocycles. The zero-order valence-electron chi connectivity index (χ0n) is 13.7. The second-order valence-corrected chi connectivity index (χ2v) is 8.19. The maximum Gasteiger partial charge on any atom is 0.257 e. The molecule has 2 aromatic carbocycles. The number of ether oxygens (including phenoxy) is 1. The number of nitrogens with one attached hydrogen (secondary N) is 1. The molecule has 1 aromatic heterocycles. The SMILES string of the molecule is O=C(Nc1ccc2nc(N3CCOCC3)sc2c1)c1cc(Br)ccc1Cl. The summed E-state index contributed by atoms with van der Waals surface area (Å²) in [4.78, 5) is 19.4. The van der Waals surface area contributed by atoms with Gasteiger partial charge in [-0.3, -0.25) is 4.79 Å². The molecular formula is C18H15BrClN3O2S. The van der Waals surface area contributed by atoms with E-state index in [2.05, 4.69) is 31.1 Å². The summed E-state index contributed by atoms with van der Waals surface area (Å²) in [6, 6.07) is 10.9. The fraction of sp³-hybridized carbons (Fsp3) is 0.222. The van der Waals surface area contributed by atoms with Gasteiger partial charge in [0.25, 0.3) is 5.91 Å². The Labute approximate surface area is 168 Å². The predicted octanol–water partition coefficient (Wildman–Crippen LogP) is 4.80. The van der Waals surface area contributed by atoms with E-state index in [1.54, 1.807) is 29.5 Å². The van der Waals surface area contributed by atoms with Crippen molar-refractivity contribution in [3.8, 4) is 0 Å². The number of anilines is 2. The molecular weight excluding hydrogens is 438 g/mol. The molecule has 0 saturated carbocycles. The van der Waals surface area contributed by atoms with Crippen LogP contribution in [-0.2, 0) is 4.74 Å². The number of carbonyl (C=O) groups is 1. The van der Waals surface area contributed by atoms with Crippen molar-refractivity contribution in [2.24, 2.45) is 0 Å². The third-order valence-corrected chi connectivity index (χ3v) is 5.99. The van der Waals surface area contributed by atoms with Crippen LogP contribution in [0.5, 0.6) is 0 Å². The first-order chi connectivity index (χ1) is 12.6. The molecule has 0 unspecified atom stereocenters. The normalized spacial score (nSPS) is 14.6. The minimum Gasteiger partial charge on any atom is -0.378 e. The average Bonchev–Trinajstić information content (AvgIpc) is 3.08. The van der Waals surface area contributed by atoms with Crippen LogP contribution >= 0.6 is 38.9 Å². The van der Waals surface area contributed by atoms with Gasteiger partial charge >= 0.3 is 0 Å². The Kier molecular flexibility index (Phi) is 5.13. The van der Waals surface area contributed by atoms with Crippen LogP contribution < -0.4 is 10.2 Å². The first-order valence-electron chi connectivity index (χ1n) is 8.10. The number of rotatable bonds is 3. The van der Waals surface area contributed by atoms with Gasteiger partial charge in [-0.1, -0.05) is 38.9 Å². The Morgan fingerprint density at radius 2 is 2.04 bits per heavy atom. The van der Waals surface area contributed by atoms with Crippen molar-refractivity contribution in [2.75, 3.05) is 36.5 Å². The summed E-state index contributed by atoms with van der Waals surface area (Å²) in [6.07, 6.45) is 0. The summed E-state index contributed by atoms with van der Waals surface area (Å²) in [5.41, 5.74) is 2.07. The zero-order valence-corrected chi connectivity index (χ0v) is 16.8. The highest BCUT2D eigenvalue weighted by Crippen LogP contribution is 2.31. The topological polar surface area (TPSA) is 54.5 Å². The van der Waals surface area contributed by atoms with Crippen LogP contribution in [-0.4, -0.2) is 37.2 Å². The average molecular weight is 453 g/mol. The summed E-state index contributed by atoms with van der Waals surface area (Å²) >= 11 is 11.1. The summed E-state index contributed by atoms with van der Waals surface area (Å²) < 4.78 is 7.23. The van der Waals surface area contributed by atoms with Crippen molar-refractivity contribution in [1.82, 2.24) is 4.98 Å². The quantitative estimate of drug-likeness (QED) is 0.620. The molecule has 0 bridgehead atoms. The van der Waals surface area contributed by atoms with E-state index in [1.165, 1.54) is 0 Å². The molecule has 1 saturated heterocycles. The van der Waals surface area contributed by atoms with Gasteiger partial charge in [-0.25, -0.2) is 4.98 Å². The van der Waals surface area contributed by atoms with E-state index in [1.807, 2.05) is 18.2 Å². The third kappa shape index (κ3) is 3.71. The number of thiazole rings is 1. The van der Waals surface area contributed by atoms with E-state index in [9.17, 15) is 4.79 Å². The molecule has 0 radical (unpaired) electrons. The second kappa shape index (κ2) is 7.52. The van der Waals surface area contributed by atoms with E-state index >= 15 is 0 Å². The van der Waals surface area contributed by atoms with Gasteiger partial charge in [-0.05, 0) is 36.4 Å². The first-order valence-corrected chi connectivity index (χ1v) is 10.1. The van der Waals surface area contributed by atoms with Crippen molar-refractivity contribution in [3.63, 3.8) is 0 Å². The number of halogens is 2. The molecule has 5 nitrogen and oxygen atoms in total. The van der Waals surface area contributed by atoms with E-state index in [0.717, 1.165) is 51.8 Å². The highest BCUT2D eigenvalue weighted by molar-refractivity contribution is 9.10. The van der Waals surface area contributed by atoms with Crippen molar-refractivity contribution < 1.29 is 9.53 Å². The smallest absolute Gasteiger partial charge is 0.257 e. The van der Waals surface area contributed by atoms with Crippen LogP contribution in [0.4, 0.5) is 10.8 Å². The Balaban J connectivity index is 1.57. The van der Waals surface area contributed by atoms with Crippen LogP contribution in [0.25, 0.3) is 10.2 Å². The second-order valence-electron chi connectivity index (χ2n) is 5.86. The van der Waals surface area contributed by atoms with Gasteiger partial charge in [0.2, 0.25) is 0 Å². The molecule has 0 spiro atoms. The zero-order chi connectivity index (χ0) is 18.1. The number of aromatic nitrogens is 1. The number of fused-ring (bicyclic) bond motifs is 1. The van der Waals surface area contributed by atoms with Crippen LogP contribution in [0.1, 0.15) is 10.4 Å². The van der Waals surface area contributed by atoms with E-state index in [-0.39, 0.29) is 5.91 Å². The maximum absolute atomic E-state index is 12.5. The minimum absolute atomic E-state index is 0.242. The molecule has 0 atom stereocenters. The van der Waals surface area contributed by atoms with Crippen LogP contribution in [0.3, 0.4) is 0 Å². The Morgan fingerprint density at radius 3 is 2.85 bits per heavy atom. The lowest BCUT2D eigenvalue weighted by Crippen LogP contribution is -2.36. The summed E-state index contributed by atoms with van der Waals surface area (Å²) in [5, 5.41) is 4.31. The number of hydrogen-bond donors (Lipinski definition) is 1. The molecule has 1 N–H and O–H groups in total. The number of amides is 1. The van der Waals surface area contributed by atoms with E-state index < -0.39 is 0 Å². The fourth-order valence-corrected chi connectivity index (χ4v) is 4.37. The van der Waals surface area contributed by atoms with E-state index in [4.69, 9.17) is 16.3 Å². The monoisotopic (exact) mass is 451 g/mol. The van der Waals surface area contributed by atoms with E-state index in [0.29, 0.717) is 10.6 Å². The molecule has 1 aliphatic heterocycles. The first kappa shape index (κ1) is 17.7. The van der Waals surface area contributed by atoms with Gasteiger partial charge < -0.3 is 15.0 Å². The number of hydrogen-bond acceptors (Lipinski definition) is 5. The number of carbonyl (C=O) groups excluding carboxylic acids is 1. The molecule has 3 aromatic rings. The fourth-order valence-electron chi connectivity index (χ4n) is 2.75.